The highest BCUT2D eigenvalue weighted by Gasteiger charge is 2.36. The third-order valence-electron chi connectivity index (χ3n) is 5.03. The minimum Gasteiger partial charge on any atom is -0.449 e. The van der Waals surface area contributed by atoms with Crippen LogP contribution in [0.2, 0.25) is 0 Å². The predicted molar refractivity (Wildman–Crippen MR) is 107 cm³/mol. The quantitative estimate of drug-likeness (QED) is 0.673. The fraction of sp³-hybridized carbons (Fsp3) is 0.421. The van der Waals surface area contributed by atoms with E-state index in [-0.39, 0.29) is 21.6 Å². The Kier molecular flexibility index (Phi) is 5.41. The lowest BCUT2D eigenvalue weighted by atomic mass is 10.1. The molecule has 30 heavy (non-hydrogen) atoms. The van der Waals surface area contributed by atoms with Crippen molar-refractivity contribution in [1.82, 2.24) is 20.2 Å². The summed E-state index contributed by atoms with van der Waals surface area (Å²) in [4.78, 5) is 24.8. The summed E-state index contributed by atoms with van der Waals surface area (Å²) in [5.74, 6) is 0.380. The average molecular weight is 439 g/mol. The van der Waals surface area contributed by atoms with Gasteiger partial charge in [-0.25, -0.2) is 9.97 Å². The number of hydrogen-bond acceptors (Lipinski definition) is 7. The summed E-state index contributed by atoms with van der Waals surface area (Å²) in [6.45, 7) is 4.74. The Hall–Kier alpha value is -2.66. The van der Waals surface area contributed by atoms with E-state index < -0.39 is 17.6 Å². The van der Waals surface area contributed by atoms with Gasteiger partial charge in [0, 0.05) is 52.1 Å². The Morgan fingerprint density at radius 2 is 2.00 bits per heavy atom. The number of halogens is 3. The molecule has 1 amide bonds. The highest BCUT2D eigenvalue weighted by molar-refractivity contribution is 7.17. The molecule has 1 saturated heterocycles. The first-order valence-electron chi connectivity index (χ1n) is 9.36. The van der Waals surface area contributed by atoms with E-state index in [0.717, 1.165) is 23.1 Å². The molecule has 4 rings (SSSR count). The van der Waals surface area contributed by atoms with Gasteiger partial charge in [0.15, 0.2) is 5.89 Å². The maximum Gasteiger partial charge on any atom is 0.417 e. The van der Waals surface area contributed by atoms with Crippen LogP contribution >= 0.6 is 11.3 Å². The van der Waals surface area contributed by atoms with E-state index in [1.165, 1.54) is 12.4 Å². The maximum absolute atomic E-state index is 13.7. The van der Waals surface area contributed by atoms with Gasteiger partial charge >= 0.3 is 6.18 Å². The zero-order chi connectivity index (χ0) is 21.5. The van der Waals surface area contributed by atoms with E-state index in [1.54, 1.807) is 13.2 Å². The summed E-state index contributed by atoms with van der Waals surface area (Å²) >= 11 is 0.884. The van der Waals surface area contributed by atoms with Gasteiger partial charge in [-0.3, -0.25) is 9.69 Å². The topological polar surface area (TPSA) is 74.5 Å². The SMILES string of the molecule is CNC(=O)c1csc2c(C(F)(F)F)cc(N3CCN(Cc4coc(C)n4)CC3)nc12. The van der Waals surface area contributed by atoms with Crippen LogP contribution in [0.15, 0.2) is 22.1 Å². The number of piperazine rings is 1. The van der Waals surface area contributed by atoms with Crippen molar-refractivity contribution in [2.24, 2.45) is 0 Å². The standard InChI is InChI=1S/C19H20F3N5O2S/c1-11-24-12(9-29-11)8-26-3-5-27(6-4-26)15-7-14(19(20,21)22)17-16(25-15)13(10-30-17)18(28)23-2/h7,9-10H,3-6,8H2,1-2H3,(H,23,28). The molecule has 1 aliphatic rings. The van der Waals surface area contributed by atoms with Crippen molar-refractivity contribution in [1.29, 1.82) is 0 Å². The molecular weight excluding hydrogens is 419 g/mol. The molecule has 0 spiro atoms. The molecule has 0 aliphatic carbocycles. The van der Waals surface area contributed by atoms with Crippen molar-refractivity contribution in [2.45, 2.75) is 19.6 Å². The van der Waals surface area contributed by atoms with Gasteiger partial charge in [-0.1, -0.05) is 0 Å². The Balaban J connectivity index is 1.60. The highest BCUT2D eigenvalue weighted by atomic mass is 32.1. The Bertz CT molecular complexity index is 1070. The first-order valence-corrected chi connectivity index (χ1v) is 10.2. The molecule has 1 aliphatic heterocycles. The van der Waals surface area contributed by atoms with Crippen molar-refractivity contribution < 1.29 is 22.4 Å². The molecule has 0 radical (unpaired) electrons. The van der Waals surface area contributed by atoms with Gasteiger partial charge < -0.3 is 14.6 Å². The van der Waals surface area contributed by atoms with Crippen LogP contribution < -0.4 is 10.2 Å². The fourth-order valence-corrected chi connectivity index (χ4v) is 4.53. The van der Waals surface area contributed by atoms with Gasteiger partial charge in [0.05, 0.1) is 27.0 Å². The first kappa shape index (κ1) is 20.6. The van der Waals surface area contributed by atoms with Crippen molar-refractivity contribution in [3.05, 3.63) is 40.4 Å². The van der Waals surface area contributed by atoms with Gasteiger partial charge in [0.25, 0.3) is 5.91 Å². The molecule has 3 aromatic heterocycles. The van der Waals surface area contributed by atoms with Crippen LogP contribution in [-0.4, -0.2) is 54.0 Å². The number of carbonyl (C=O) groups excluding carboxylic acids is 1. The summed E-state index contributed by atoms with van der Waals surface area (Å²) in [5.41, 5.74) is 0.311. The predicted octanol–water partition coefficient (Wildman–Crippen LogP) is 3.29. The van der Waals surface area contributed by atoms with Crippen molar-refractivity contribution in [2.75, 3.05) is 38.1 Å². The number of nitrogens with one attached hydrogen (secondary N) is 1. The number of rotatable bonds is 4. The molecule has 0 unspecified atom stereocenters. The first-order chi connectivity index (χ1) is 14.3. The van der Waals surface area contributed by atoms with E-state index in [4.69, 9.17) is 4.42 Å². The zero-order valence-corrected chi connectivity index (χ0v) is 17.2. The molecule has 3 aromatic rings. The van der Waals surface area contributed by atoms with Gasteiger partial charge in [-0.15, -0.1) is 11.3 Å². The zero-order valence-electron chi connectivity index (χ0n) is 16.4. The van der Waals surface area contributed by atoms with E-state index in [1.807, 2.05) is 4.90 Å². The van der Waals surface area contributed by atoms with Crippen LogP contribution in [0.3, 0.4) is 0 Å². The maximum atomic E-state index is 13.7. The van der Waals surface area contributed by atoms with Crippen molar-refractivity contribution in [3.8, 4) is 0 Å². The van der Waals surface area contributed by atoms with Crippen molar-refractivity contribution in [3.63, 3.8) is 0 Å². The molecular formula is C19H20F3N5O2S. The second kappa shape index (κ2) is 7.88. The summed E-state index contributed by atoms with van der Waals surface area (Å²) in [7, 11) is 1.44. The van der Waals surface area contributed by atoms with Crippen molar-refractivity contribution >= 4 is 33.3 Å². The van der Waals surface area contributed by atoms with E-state index in [9.17, 15) is 18.0 Å². The number of carbonyl (C=O) groups is 1. The third kappa shape index (κ3) is 3.99. The largest absolute Gasteiger partial charge is 0.449 e. The lowest BCUT2D eigenvalue weighted by Crippen LogP contribution is -2.46. The molecule has 1 N–H and O–H groups in total. The number of thiophene rings is 1. The number of aryl methyl sites for hydroxylation is 1. The summed E-state index contributed by atoms with van der Waals surface area (Å²) < 4.78 is 46.3. The van der Waals surface area contributed by atoms with Gasteiger partial charge in [0.2, 0.25) is 0 Å². The number of fused-ring (bicyclic) bond motifs is 1. The summed E-state index contributed by atoms with van der Waals surface area (Å²) in [6, 6.07) is 1.09. The van der Waals surface area contributed by atoms with E-state index in [2.05, 4.69) is 20.2 Å². The highest BCUT2D eigenvalue weighted by Crippen LogP contribution is 2.40. The molecule has 11 heteroatoms. The number of alkyl halides is 3. The number of hydrogen-bond donors (Lipinski definition) is 1. The second-order valence-corrected chi connectivity index (χ2v) is 7.93. The Morgan fingerprint density at radius 3 is 2.60 bits per heavy atom. The molecule has 4 heterocycles. The summed E-state index contributed by atoms with van der Waals surface area (Å²) in [5, 5.41) is 3.88. The third-order valence-corrected chi connectivity index (χ3v) is 6.04. The van der Waals surface area contributed by atoms with Crippen LogP contribution in [-0.2, 0) is 12.7 Å². The van der Waals surface area contributed by atoms with Crippen LogP contribution in [0.25, 0.3) is 10.2 Å². The smallest absolute Gasteiger partial charge is 0.417 e. The minimum absolute atomic E-state index is 0.0233. The fourth-order valence-electron chi connectivity index (χ4n) is 3.51. The second-order valence-electron chi connectivity index (χ2n) is 7.05. The number of nitrogens with zero attached hydrogens (tertiary/aromatic N) is 4. The van der Waals surface area contributed by atoms with Gasteiger partial charge in [-0.2, -0.15) is 13.2 Å². The van der Waals surface area contributed by atoms with Crippen LogP contribution in [0, 0.1) is 6.92 Å². The lowest BCUT2D eigenvalue weighted by molar-refractivity contribution is -0.136. The van der Waals surface area contributed by atoms with Gasteiger partial charge in [-0.05, 0) is 6.07 Å². The lowest BCUT2D eigenvalue weighted by Gasteiger charge is -2.35. The van der Waals surface area contributed by atoms with Crippen LogP contribution in [0.5, 0.6) is 0 Å². The molecule has 7 nitrogen and oxygen atoms in total. The van der Waals surface area contributed by atoms with E-state index >= 15 is 0 Å². The van der Waals surface area contributed by atoms with Crippen LogP contribution in [0.4, 0.5) is 19.0 Å². The molecule has 160 valence electrons. The molecule has 0 saturated carbocycles. The molecule has 1 fully saturated rings. The normalized spacial score (nSPS) is 15.7. The average Bonchev–Trinajstić information content (AvgIpc) is 3.32. The monoisotopic (exact) mass is 439 g/mol. The Morgan fingerprint density at radius 1 is 1.27 bits per heavy atom. The molecule has 0 aromatic carbocycles. The van der Waals surface area contributed by atoms with Gasteiger partial charge in [0.1, 0.15) is 12.1 Å². The minimum atomic E-state index is -4.53. The summed E-state index contributed by atoms with van der Waals surface area (Å²) in [6.07, 6.45) is -2.92. The number of pyridine rings is 1. The molecule has 0 bridgehead atoms. The number of aromatic nitrogens is 2. The van der Waals surface area contributed by atoms with Crippen LogP contribution in [0.1, 0.15) is 27.5 Å². The molecule has 0 atom stereocenters. The number of oxazole rings is 1. The number of amides is 1. The number of anilines is 1. The van der Waals surface area contributed by atoms with E-state index in [0.29, 0.717) is 38.6 Å². The Labute approximate surface area is 174 Å².